The number of rotatable bonds is 7. The molecule has 0 aliphatic heterocycles. The average Bonchev–Trinajstić information content (AvgIpc) is 3.00. The van der Waals surface area contributed by atoms with E-state index < -0.39 is 0 Å². The molecule has 0 unspecified atom stereocenters. The van der Waals surface area contributed by atoms with Crippen LogP contribution in [0.1, 0.15) is 34.3 Å². The van der Waals surface area contributed by atoms with Crippen LogP contribution >= 0.6 is 0 Å². The zero-order valence-corrected chi connectivity index (χ0v) is 21.8. The topological polar surface area (TPSA) is 65.2 Å². The lowest BCUT2D eigenvalue weighted by molar-refractivity contribution is 0.475. The summed E-state index contributed by atoms with van der Waals surface area (Å²) in [5.41, 5.74) is 3.63. The molecule has 40 heavy (non-hydrogen) atoms. The third kappa shape index (κ3) is 5.20. The third-order valence-corrected chi connectivity index (χ3v) is 7.17. The fourth-order valence-corrected chi connectivity index (χ4v) is 5.13. The molecule has 4 nitrogen and oxygen atoms in total. The highest BCUT2D eigenvalue weighted by Crippen LogP contribution is 2.36. The quantitative estimate of drug-likeness (QED) is 0.208. The minimum absolute atomic E-state index is 0.185. The van der Waals surface area contributed by atoms with Crippen molar-refractivity contribution in [3.8, 4) is 11.5 Å². The van der Waals surface area contributed by atoms with Crippen molar-refractivity contribution in [3.05, 3.63) is 156 Å². The van der Waals surface area contributed by atoms with Gasteiger partial charge in [0.15, 0.2) is 0 Å². The summed E-state index contributed by atoms with van der Waals surface area (Å²) in [5.74, 6) is 0.402. The van der Waals surface area contributed by atoms with Crippen LogP contribution < -0.4 is 0 Å². The van der Waals surface area contributed by atoms with E-state index in [4.69, 9.17) is 9.98 Å². The van der Waals surface area contributed by atoms with Crippen LogP contribution in [0, 0.1) is 0 Å². The first-order chi connectivity index (χ1) is 19.7. The van der Waals surface area contributed by atoms with Crippen LogP contribution in [0.25, 0.3) is 21.5 Å². The van der Waals surface area contributed by atoms with E-state index >= 15 is 0 Å². The van der Waals surface area contributed by atoms with Crippen molar-refractivity contribution in [2.75, 3.05) is 0 Å². The van der Waals surface area contributed by atoms with Gasteiger partial charge in [0.25, 0.3) is 0 Å². The molecule has 0 spiro atoms. The van der Waals surface area contributed by atoms with Crippen molar-refractivity contribution >= 4 is 34.0 Å². The standard InChI is InChI=1S/C36H28N2O2/c39-30-20-18-26-15-9-16-29(32(26)22-30)23-37-35(27-11-3-1-4-12-27)36(28-13-5-2-6-14-28)38-24-33-31-17-8-7-10-25(31)19-21-34(33)40/h1-24,35-36,39-40H/b37-23+,38-24+/t35-,36+/m0/s1. The number of nitrogens with zero attached hydrogens (tertiary/aromatic N) is 2. The first kappa shape index (κ1) is 25.1. The number of fused-ring (bicyclic) bond motifs is 2. The van der Waals surface area contributed by atoms with Gasteiger partial charge in [-0.1, -0.05) is 115 Å². The highest BCUT2D eigenvalue weighted by molar-refractivity contribution is 6.02. The van der Waals surface area contributed by atoms with Crippen LogP contribution in [0.2, 0.25) is 0 Å². The van der Waals surface area contributed by atoms with Gasteiger partial charge in [0.1, 0.15) is 23.6 Å². The average molecular weight is 521 g/mol. The third-order valence-electron chi connectivity index (χ3n) is 7.17. The molecule has 0 fully saturated rings. The van der Waals surface area contributed by atoms with Crippen molar-refractivity contribution in [1.82, 2.24) is 0 Å². The predicted octanol–water partition coefficient (Wildman–Crippen LogP) is 8.42. The molecular formula is C36H28N2O2. The Morgan fingerprint density at radius 3 is 1.80 bits per heavy atom. The van der Waals surface area contributed by atoms with Gasteiger partial charge in [0, 0.05) is 23.6 Å². The molecule has 2 N–H and O–H groups in total. The second-order valence-electron chi connectivity index (χ2n) is 9.74. The maximum Gasteiger partial charge on any atom is 0.124 e. The van der Waals surface area contributed by atoms with Crippen LogP contribution in [0.15, 0.2) is 143 Å². The molecular weight excluding hydrogens is 492 g/mol. The maximum atomic E-state index is 10.8. The molecule has 6 aromatic carbocycles. The Kier molecular flexibility index (Phi) is 7.06. The van der Waals surface area contributed by atoms with E-state index in [1.807, 2.05) is 97.2 Å². The van der Waals surface area contributed by atoms with Crippen LogP contribution in [-0.2, 0) is 0 Å². The summed E-state index contributed by atoms with van der Waals surface area (Å²) in [6.07, 6.45) is 3.65. The van der Waals surface area contributed by atoms with E-state index in [0.29, 0.717) is 5.56 Å². The Bertz CT molecular complexity index is 1830. The number of aliphatic imine (C=N–C) groups is 2. The largest absolute Gasteiger partial charge is 0.508 e. The van der Waals surface area contributed by atoms with Crippen LogP contribution in [0.5, 0.6) is 11.5 Å². The molecule has 0 aromatic heterocycles. The van der Waals surface area contributed by atoms with Crippen molar-refractivity contribution in [1.29, 1.82) is 0 Å². The Balaban J connectivity index is 1.49. The molecule has 2 atom stereocenters. The smallest absolute Gasteiger partial charge is 0.124 e. The molecule has 0 aliphatic rings. The molecule has 0 amide bonds. The summed E-state index contributed by atoms with van der Waals surface area (Å²) >= 11 is 0. The summed E-state index contributed by atoms with van der Waals surface area (Å²) in [7, 11) is 0. The minimum atomic E-state index is -0.360. The van der Waals surface area contributed by atoms with E-state index in [2.05, 4.69) is 24.3 Å². The molecule has 0 aliphatic carbocycles. The lowest BCUT2D eigenvalue weighted by Crippen LogP contribution is -2.09. The molecule has 6 aromatic rings. The first-order valence-corrected chi connectivity index (χ1v) is 13.3. The van der Waals surface area contributed by atoms with Crippen LogP contribution in [0.4, 0.5) is 0 Å². The number of aromatic hydroxyl groups is 2. The van der Waals surface area contributed by atoms with Crippen molar-refractivity contribution in [2.24, 2.45) is 9.98 Å². The second kappa shape index (κ2) is 11.3. The summed E-state index contributed by atoms with van der Waals surface area (Å²) in [6, 6.07) is 42.6. The fourth-order valence-electron chi connectivity index (χ4n) is 5.13. The SMILES string of the molecule is Oc1ccc2cccc(/C=N/[C@@H](c3ccccc3)[C@H](/N=C/c3c(O)ccc4ccccc34)c3ccccc3)c2c1. The predicted molar refractivity (Wildman–Crippen MR) is 165 cm³/mol. The van der Waals surface area contributed by atoms with Gasteiger partial charge in [-0.25, -0.2) is 0 Å². The van der Waals surface area contributed by atoms with E-state index in [1.165, 1.54) is 0 Å². The first-order valence-electron chi connectivity index (χ1n) is 13.3. The lowest BCUT2D eigenvalue weighted by atomic mass is 9.94. The van der Waals surface area contributed by atoms with Gasteiger partial charge in [-0.05, 0) is 50.9 Å². The number of phenols is 2. The number of hydrogen-bond acceptors (Lipinski definition) is 4. The lowest BCUT2D eigenvalue weighted by Gasteiger charge is -2.22. The second-order valence-corrected chi connectivity index (χ2v) is 9.74. The van der Waals surface area contributed by atoms with Gasteiger partial charge in [0.2, 0.25) is 0 Å². The normalized spacial score (nSPS) is 13.3. The molecule has 0 saturated heterocycles. The Labute approximate surface area is 233 Å². The molecule has 4 heteroatoms. The molecule has 0 bridgehead atoms. The van der Waals surface area contributed by atoms with E-state index in [1.54, 1.807) is 24.4 Å². The Morgan fingerprint density at radius 2 is 1.07 bits per heavy atom. The molecule has 0 heterocycles. The zero-order chi connectivity index (χ0) is 27.3. The zero-order valence-electron chi connectivity index (χ0n) is 21.8. The molecule has 0 radical (unpaired) electrons. The molecule has 6 rings (SSSR count). The maximum absolute atomic E-state index is 10.8. The van der Waals surface area contributed by atoms with Gasteiger partial charge < -0.3 is 10.2 Å². The summed E-state index contributed by atoms with van der Waals surface area (Å²) in [5, 5.41) is 24.9. The summed E-state index contributed by atoms with van der Waals surface area (Å²) in [4.78, 5) is 10.2. The van der Waals surface area contributed by atoms with Gasteiger partial charge in [-0.3, -0.25) is 9.98 Å². The van der Waals surface area contributed by atoms with E-state index in [9.17, 15) is 10.2 Å². The van der Waals surface area contributed by atoms with Gasteiger partial charge in [-0.15, -0.1) is 0 Å². The van der Waals surface area contributed by atoms with Crippen molar-refractivity contribution in [2.45, 2.75) is 12.1 Å². The van der Waals surface area contributed by atoms with Gasteiger partial charge in [0.05, 0.1) is 0 Å². The highest BCUT2D eigenvalue weighted by atomic mass is 16.3. The molecule has 194 valence electrons. The van der Waals surface area contributed by atoms with Gasteiger partial charge in [-0.2, -0.15) is 0 Å². The summed E-state index contributed by atoms with van der Waals surface area (Å²) in [6.45, 7) is 0. The van der Waals surface area contributed by atoms with Crippen LogP contribution in [0.3, 0.4) is 0 Å². The van der Waals surface area contributed by atoms with E-state index in [0.717, 1.165) is 38.2 Å². The monoisotopic (exact) mass is 520 g/mol. The Hall–Kier alpha value is -5.22. The number of hydrogen-bond donors (Lipinski definition) is 2. The summed E-state index contributed by atoms with van der Waals surface area (Å²) < 4.78 is 0. The minimum Gasteiger partial charge on any atom is -0.508 e. The van der Waals surface area contributed by atoms with Crippen molar-refractivity contribution in [3.63, 3.8) is 0 Å². The number of phenolic OH excluding ortho intramolecular Hbond substituents is 2. The Morgan fingerprint density at radius 1 is 0.500 bits per heavy atom. The van der Waals surface area contributed by atoms with Gasteiger partial charge >= 0.3 is 0 Å². The van der Waals surface area contributed by atoms with E-state index in [-0.39, 0.29) is 23.6 Å². The van der Waals surface area contributed by atoms with Crippen molar-refractivity contribution < 1.29 is 10.2 Å². The molecule has 0 saturated carbocycles. The fraction of sp³-hybridized carbons (Fsp3) is 0.0556. The number of benzene rings is 6. The highest BCUT2D eigenvalue weighted by Gasteiger charge is 2.23. The van der Waals surface area contributed by atoms with Crippen LogP contribution in [-0.4, -0.2) is 22.6 Å².